The topological polar surface area (TPSA) is 29.9 Å². The highest BCUT2D eigenvalue weighted by Crippen LogP contribution is 2.18. The first kappa shape index (κ1) is 14.4. The number of hydrogen-bond donors (Lipinski definition) is 1. The number of halogens is 2. The molecule has 0 saturated heterocycles. The molecule has 0 radical (unpaired) electrons. The molecular weight excluding hydrogens is 281 g/mol. The molecule has 0 fully saturated rings. The Kier molecular flexibility index (Phi) is 4.86. The maximum Gasteiger partial charge on any atom is 0.131 e. The Morgan fingerprint density at radius 3 is 2.63 bits per heavy atom. The van der Waals surface area contributed by atoms with E-state index >= 15 is 0 Å². The van der Waals surface area contributed by atoms with Crippen LogP contribution in [-0.2, 0) is 26.0 Å². The number of benzene rings is 1. The molecule has 1 aromatic heterocycles. The largest absolute Gasteiger partial charge is 0.308 e. The third kappa shape index (κ3) is 3.50. The van der Waals surface area contributed by atoms with Gasteiger partial charge in [0.05, 0.1) is 5.69 Å². The molecule has 1 aromatic carbocycles. The molecule has 2 rings (SSSR count). The lowest BCUT2D eigenvalue weighted by molar-refractivity contribution is 0.690. The summed E-state index contributed by atoms with van der Waals surface area (Å²) >= 11 is 12.0. The molecule has 102 valence electrons. The first-order chi connectivity index (χ1) is 9.11. The van der Waals surface area contributed by atoms with E-state index in [0.29, 0.717) is 17.6 Å². The summed E-state index contributed by atoms with van der Waals surface area (Å²) in [6.45, 7) is 3.47. The molecule has 2 aromatic rings. The van der Waals surface area contributed by atoms with Crippen LogP contribution in [0.5, 0.6) is 0 Å². The molecule has 0 aliphatic rings. The standard InChI is InChI=1S/C14H17Cl2N3/c1-10-13(14(16)19(2)18-10)9-17-8-12-5-3-4-11(6-12)7-15/h3-6,17H,7-9H2,1-2H3. The molecule has 3 nitrogen and oxygen atoms in total. The van der Waals surface area contributed by atoms with Crippen LogP contribution in [0.25, 0.3) is 0 Å². The Morgan fingerprint density at radius 2 is 2.00 bits per heavy atom. The molecule has 0 amide bonds. The molecule has 0 saturated carbocycles. The summed E-state index contributed by atoms with van der Waals surface area (Å²) in [7, 11) is 1.85. The highest BCUT2D eigenvalue weighted by atomic mass is 35.5. The van der Waals surface area contributed by atoms with Crippen LogP contribution in [0.4, 0.5) is 0 Å². The van der Waals surface area contributed by atoms with Crippen LogP contribution in [0.2, 0.25) is 5.15 Å². The van der Waals surface area contributed by atoms with Gasteiger partial charge < -0.3 is 5.32 Å². The molecule has 0 aliphatic heterocycles. The fraction of sp³-hybridized carbons (Fsp3) is 0.357. The van der Waals surface area contributed by atoms with Crippen molar-refractivity contribution in [3.05, 3.63) is 51.8 Å². The first-order valence-corrected chi connectivity index (χ1v) is 7.05. The van der Waals surface area contributed by atoms with E-state index in [9.17, 15) is 0 Å². The van der Waals surface area contributed by atoms with Gasteiger partial charge in [0.2, 0.25) is 0 Å². The fourth-order valence-electron chi connectivity index (χ4n) is 2.03. The van der Waals surface area contributed by atoms with Gasteiger partial charge in [-0.25, -0.2) is 0 Å². The van der Waals surface area contributed by atoms with Crippen molar-refractivity contribution in [3.8, 4) is 0 Å². The van der Waals surface area contributed by atoms with Crippen molar-refractivity contribution in [2.24, 2.45) is 7.05 Å². The molecule has 0 aliphatic carbocycles. The van der Waals surface area contributed by atoms with E-state index in [1.54, 1.807) is 4.68 Å². The van der Waals surface area contributed by atoms with Gasteiger partial charge in [0.15, 0.2) is 0 Å². The third-order valence-electron chi connectivity index (χ3n) is 3.05. The molecule has 0 atom stereocenters. The fourth-order valence-corrected chi connectivity index (χ4v) is 2.44. The average molecular weight is 298 g/mol. The smallest absolute Gasteiger partial charge is 0.131 e. The minimum Gasteiger partial charge on any atom is -0.308 e. The highest BCUT2D eigenvalue weighted by Gasteiger charge is 2.10. The van der Waals surface area contributed by atoms with Crippen molar-refractivity contribution >= 4 is 23.2 Å². The van der Waals surface area contributed by atoms with Gasteiger partial charge in [-0.1, -0.05) is 35.9 Å². The van der Waals surface area contributed by atoms with E-state index in [4.69, 9.17) is 23.2 Å². The van der Waals surface area contributed by atoms with E-state index in [1.165, 1.54) is 5.56 Å². The molecule has 0 unspecified atom stereocenters. The number of aryl methyl sites for hydroxylation is 2. The van der Waals surface area contributed by atoms with Crippen LogP contribution in [0.15, 0.2) is 24.3 Å². The molecule has 0 spiro atoms. The average Bonchev–Trinajstić information content (AvgIpc) is 2.65. The molecule has 1 heterocycles. The van der Waals surface area contributed by atoms with Crippen molar-refractivity contribution in [2.75, 3.05) is 0 Å². The van der Waals surface area contributed by atoms with E-state index in [-0.39, 0.29) is 0 Å². The monoisotopic (exact) mass is 297 g/mol. The lowest BCUT2D eigenvalue weighted by Gasteiger charge is -2.06. The molecule has 5 heteroatoms. The van der Waals surface area contributed by atoms with Crippen molar-refractivity contribution in [2.45, 2.75) is 25.9 Å². The molecule has 0 bridgehead atoms. The maximum absolute atomic E-state index is 6.19. The van der Waals surface area contributed by atoms with E-state index in [0.717, 1.165) is 23.4 Å². The van der Waals surface area contributed by atoms with Crippen LogP contribution in [0.1, 0.15) is 22.4 Å². The summed E-state index contributed by atoms with van der Waals surface area (Å²) in [6, 6.07) is 8.24. The summed E-state index contributed by atoms with van der Waals surface area (Å²) < 4.78 is 1.70. The van der Waals surface area contributed by atoms with E-state index in [2.05, 4.69) is 22.5 Å². The summed E-state index contributed by atoms with van der Waals surface area (Å²) in [6.07, 6.45) is 0. The van der Waals surface area contributed by atoms with Crippen molar-refractivity contribution in [1.29, 1.82) is 0 Å². The van der Waals surface area contributed by atoms with Crippen molar-refractivity contribution in [3.63, 3.8) is 0 Å². The molecule has 19 heavy (non-hydrogen) atoms. The van der Waals surface area contributed by atoms with E-state index in [1.807, 2.05) is 26.1 Å². The van der Waals surface area contributed by atoms with Gasteiger partial charge in [-0.3, -0.25) is 4.68 Å². The van der Waals surface area contributed by atoms with Gasteiger partial charge >= 0.3 is 0 Å². The van der Waals surface area contributed by atoms with Crippen LogP contribution in [-0.4, -0.2) is 9.78 Å². The van der Waals surface area contributed by atoms with Crippen LogP contribution < -0.4 is 5.32 Å². The Balaban J connectivity index is 1.96. The number of hydrogen-bond acceptors (Lipinski definition) is 2. The van der Waals surface area contributed by atoms with Crippen molar-refractivity contribution < 1.29 is 0 Å². The normalized spacial score (nSPS) is 10.9. The van der Waals surface area contributed by atoms with Gasteiger partial charge in [-0.15, -0.1) is 11.6 Å². The number of nitrogens with zero attached hydrogens (tertiary/aromatic N) is 2. The maximum atomic E-state index is 6.19. The number of rotatable bonds is 5. The van der Waals surface area contributed by atoms with Gasteiger partial charge in [-0.2, -0.15) is 5.10 Å². The molecular formula is C14H17Cl2N3. The molecule has 1 N–H and O–H groups in total. The van der Waals surface area contributed by atoms with Crippen molar-refractivity contribution in [1.82, 2.24) is 15.1 Å². The van der Waals surface area contributed by atoms with Crippen LogP contribution >= 0.6 is 23.2 Å². The van der Waals surface area contributed by atoms with Gasteiger partial charge in [0.25, 0.3) is 0 Å². The minimum absolute atomic E-state index is 0.543. The second-order valence-electron chi connectivity index (χ2n) is 4.54. The zero-order chi connectivity index (χ0) is 13.8. The zero-order valence-corrected chi connectivity index (χ0v) is 12.6. The second kappa shape index (κ2) is 6.42. The second-order valence-corrected chi connectivity index (χ2v) is 5.16. The van der Waals surface area contributed by atoms with Gasteiger partial charge in [0.1, 0.15) is 5.15 Å². The highest BCUT2D eigenvalue weighted by molar-refractivity contribution is 6.30. The predicted molar refractivity (Wildman–Crippen MR) is 79.5 cm³/mol. The lowest BCUT2D eigenvalue weighted by atomic mass is 10.1. The lowest BCUT2D eigenvalue weighted by Crippen LogP contribution is -2.13. The van der Waals surface area contributed by atoms with Crippen LogP contribution in [0.3, 0.4) is 0 Å². The quantitative estimate of drug-likeness (QED) is 0.857. The van der Waals surface area contributed by atoms with E-state index < -0.39 is 0 Å². The number of alkyl halides is 1. The SMILES string of the molecule is Cc1nn(C)c(Cl)c1CNCc1cccc(CCl)c1. The summed E-state index contributed by atoms with van der Waals surface area (Å²) in [5.74, 6) is 0.543. The summed E-state index contributed by atoms with van der Waals surface area (Å²) in [5.41, 5.74) is 4.37. The predicted octanol–water partition coefficient (Wildman–Crippen LogP) is 3.41. The summed E-state index contributed by atoms with van der Waals surface area (Å²) in [4.78, 5) is 0. The first-order valence-electron chi connectivity index (χ1n) is 6.14. The third-order valence-corrected chi connectivity index (χ3v) is 3.83. The summed E-state index contributed by atoms with van der Waals surface area (Å²) in [5, 5.41) is 8.37. The number of aromatic nitrogens is 2. The number of nitrogens with one attached hydrogen (secondary N) is 1. The minimum atomic E-state index is 0.543. The zero-order valence-electron chi connectivity index (χ0n) is 11.1. The van der Waals surface area contributed by atoms with Crippen LogP contribution in [0, 0.1) is 6.92 Å². The Hall–Kier alpha value is -1.03. The Labute approximate surface area is 123 Å². The Bertz CT molecular complexity index is 564. The van der Waals surface area contributed by atoms with Gasteiger partial charge in [0, 0.05) is 31.6 Å². The van der Waals surface area contributed by atoms with Gasteiger partial charge in [-0.05, 0) is 18.1 Å². The Morgan fingerprint density at radius 1 is 1.26 bits per heavy atom.